The summed E-state index contributed by atoms with van der Waals surface area (Å²) in [5.41, 5.74) is 1.76. The number of methoxy groups -OCH3 is 1. The SMILES string of the molecule is COC1(c2nc3c([C@@H](C)Nc4ccc(Cl)nc4C(=O)O)cc(C)cc3c(=O)n2C)CC1. The molecule has 9 heteroatoms. The van der Waals surface area contributed by atoms with Crippen LogP contribution >= 0.6 is 11.6 Å². The van der Waals surface area contributed by atoms with Gasteiger partial charge in [-0.2, -0.15) is 0 Å². The molecule has 0 amide bonds. The van der Waals surface area contributed by atoms with E-state index in [9.17, 15) is 14.7 Å². The number of aromatic carboxylic acids is 1. The molecule has 1 saturated carbocycles. The number of carboxylic acids is 1. The number of carboxylic acid groups (broad SMARTS) is 1. The van der Waals surface area contributed by atoms with Gasteiger partial charge in [0.05, 0.1) is 22.6 Å². The predicted molar refractivity (Wildman–Crippen MR) is 118 cm³/mol. The summed E-state index contributed by atoms with van der Waals surface area (Å²) in [6.45, 7) is 3.80. The quantitative estimate of drug-likeness (QED) is 0.559. The molecule has 1 aliphatic rings. The second kappa shape index (κ2) is 7.62. The highest BCUT2D eigenvalue weighted by molar-refractivity contribution is 6.29. The monoisotopic (exact) mass is 442 g/mol. The molecule has 3 aromatic rings. The zero-order valence-corrected chi connectivity index (χ0v) is 18.4. The van der Waals surface area contributed by atoms with Gasteiger partial charge < -0.3 is 15.2 Å². The minimum Gasteiger partial charge on any atom is -0.476 e. The van der Waals surface area contributed by atoms with Gasteiger partial charge in [-0.05, 0) is 50.5 Å². The molecular formula is C22H23ClN4O4. The second-order valence-electron chi connectivity index (χ2n) is 7.95. The molecule has 0 spiro atoms. The number of pyridine rings is 1. The number of anilines is 1. The molecule has 1 aromatic carbocycles. The maximum Gasteiger partial charge on any atom is 0.356 e. The van der Waals surface area contributed by atoms with Gasteiger partial charge in [0.25, 0.3) is 5.56 Å². The first kappa shape index (κ1) is 21.3. The second-order valence-corrected chi connectivity index (χ2v) is 8.34. The van der Waals surface area contributed by atoms with Crippen LogP contribution in [0, 0.1) is 6.92 Å². The smallest absolute Gasteiger partial charge is 0.356 e. The Kier molecular flexibility index (Phi) is 5.23. The third-order valence-electron chi connectivity index (χ3n) is 5.76. The van der Waals surface area contributed by atoms with Crippen LogP contribution < -0.4 is 10.9 Å². The van der Waals surface area contributed by atoms with Gasteiger partial charge in [-0.25, -0.2) is 14.8 Å². The Hall–Kier alpha value is -2.97. The molecule has 0 aliphatic heterocycles. The van der Waals surface area contributed by atoms with Crippen LogP contribution in [0.25, 0.3) is 10.9 Å². The van der Waals surface area contributed by atoms with E-state index in [1.165, 1.54) is 6.07 Å². The normalized spacial score (nSPS) is 15.6. The van der Waals surface area contributed by atoms with Crippen LogP contribution in [0.5, 0.6) is 0 Å². The highest BCUT2D eigenvalue weighted by Crippen LogP contribution is 2.47. The first-order chi connectivity index (χ1) is 14.7. The van der Waals surface area contributed by atoms with Crippen LogP contribution in [0.1, 0.15) is 53.2 Å². The summed E-state index contributed by atoms with van der Waals surface area (Å²) in [7, 11) is 3.34. The van der Waals surface area contributed by atoms with Crippen LogP contribution in [0.15, 0.2) is 29.1 Å². The number of benzene rings is 1. The molecule has 0 bridgehead atoms. The van der Waals surface area contributed by atoms with Gasteiger partial charge in [0.2, 0.25) is 0 Å². The highest BCUT2D eigenvalue weighted by Gasteiger charge is 2.48. The molecule has 31 heavy (non-hydrogen) atoms. The lowest BCUT2D eigenvalue weighted by atomic mass is 10.0. The largest absolute Gasteiger partial charge is 0.476 e. The molecule has 0 unspecified atom stereocenters. The van der Waals surface area contributed by atoms with Gasteiger partial charge >= 0.3 is 5.97 Å². The van der Waals surface area contributed by atoms with E-state index in [-0.39, 0.29) is 22.4 Å². The summed E-state index contributed by atoms with van der Waals surface area (Å²) >= 11 is 5.86. The average Bonchev–Trinajstić information content (AvgIpc) is 3.52. The Morgan fingerprint density at radius 3 is 2.65 bits per heavy atom. The first-order valence-electron chi connectivity index (χ1n) is 9.90. The third-order valence-corrected chi connectivity index (χ3v) is 5.97. The fraction of sp³-hybridized carbons (Fsp3) is 0.364. The molecule has 4 rings (SSSR count). The topological polar surface area (TPSA) is 106 Å². The van der Waals surface area contributed by atoms with Crippen molar-refractivity contribution in [3.05, 3.63) is 62.4 Å². The summed E-state index contributed by atoms with van der Waals surface area (Å²) in [5.74, 6) is -0.583. The standard InChI is InChI=1S/C22H23ClN4O4/c1-11-9-13(12(2)24-15-5-6-16(23)25-18(15)20(29)30)17-14(10-11)19(28)27(3)21(26-17)22(31-4)7-8-22/h5-6,9-10,12,24H,7-8H2,1-4H3,(H,29,30)/t12-/m1/s1. The summed E-state index contributed by atoms with van der Waals surface area (Å²) in [6, 6.07) is 6.53. The van der Waals surface area contributed by atoms with Crippen molar-refractivity contribution >= 4 is 34.2 Å². The minimum atomic E-state index is -1.18. The molecule has 8 nitrogen and oxygen atoms in total. The van der Waals surface area contributed by atoms with Gasteiger partial charge in [0.15, 0.2) is 5.69 Å². The number of fused-ring (bicyclic) bond motifs is 1. The summed E-state index contributed by atoms with van der Waals surface area (Å²) in [4.78, 5) is 33.5. The Balaban J connectivity index is 1.86. The molecule has 1 fully saturated rings. The lowest BCUT2D eigenvalue weighted by Gasteiger charge is -2.22. The van der Waals surface area contributed by atoms with E-state index in [1.54, 1.807) is 24.8 Å². The maximum atomic E-state index is 13.2. The van der Waals surface area contributed by atoms with Gasteiger partial charge in [0, 0.05) is 19.7 Å². The van der Waals surface area contributed by atoms with Crippen LogP contribution in [0.4, 0.5) is 5.69 Å². The van der Waals surface area contributed by atoms with E-state index in [0.29, 0.717) is 22.4 Å². The lowest BCUT2D eigenvalue weighted by molar-refractivity contribution is 0.0677. The van der Waals surface area contributed by atoms with Gasteiger partial charge in [-0.1, -0.05) is 17.7 Å². The van der Waals surface area contributed by atoms with Crippen molar-refractivity contribution in [3.63, 3.8) is 0 Å². The van der Waals surface area contributed by atoms with Crippen LogP contribution in [-0.4, -0.2) is 32.7 Å². The van der Waals surface area contributed by atoms with E-state index >= 15 is 0 Å². The number of hydrogen-bond donors (Lipinski definition) is 2. The molecule has 162 valence electrons. The van der Waals surface area contributed by atoms with Crippen molar-refractivity contribution in [2.75, 3.05) is 12.4 Å². The van der Waals surface area contributed by atoms with Crippen molar-refractivity contribution in [1.29, 1.82) is 0 Å². The molecule has 2 heterocycles. The zero-order valence-electron chi connectivity index (χ0n) is 17.7. The molecule has 1 aliphatic carbocycles. The molecule has 2 aromatic heterocycles. The summed E-state index contributed by atoms with van der Waals surface area (Å²) in [5, 5.41) is 13.3. The molecule has 1 atom stereocenters. The number of aryl methyl sites for hydroxylation is 1. The number of nitrogens with one attached hydrogen (secondary N) is 1. The average molecular weight is 443 g/mol. The van der Waals surface area contributed by atoms with Crippen molar-refractivity contribution < 1.29 is 14.6 Å². The number of ether oxygens (including phenoxy) is 1. The Bertz CT molecular complexity index is 1270. The van der Waals surface area contributed by atoms with Crippen LogP contribution in [0.3, 0.4) is 0 Å². The highest BCUT2D eigenvalue weighted by atomic mass is 35.5. The number of halogens is 1. The number of aromatic nitrogens is 3. The Morgan fingerprint density at radius 1 is 1.32 bits per heavy atom. The summed E-state index contributed by atoms with van der Waals surface area (Å²) < 4.78 is 7.23. The Morgan fingerprint density at radius 2 is 2.03 bits per heavy atom. The van der Waals surface area contributed by atoms with Crippen LogP contribution in [0.2, 0.25) is 5.15 Å². The minimum absolute atomic E-state index is 0.0979. The lowest BCUT2D eigenvalue weighted by Crippen LogP contribution is -2.29. The third kappa shape index (κ3) is 3.66. The fourth-order valence-electron chi connectivity index (χ4n) is 3.95. The maximum absolute atomic E-state index is 13.2. The zero-order chi connectivity index (χ0) is 22.5. The van der Waals surface area contributed by atoms with E-state index in [4.69, 9.17) is 21.3 Å². The number of nitrogens with zero attached hydrogens (tertiary/aromatic N) is 3. The van der Waals surface area contributed by atoms with E-state index < -0.39 is 11.6 Å². The van der Waals surface area contributed by atoms with Crippen LogP contribution in [-0.2, 0) is 17.4 Å². The number of hydrogen-bond acceptors (Lipinski definition) is 6. The first-order valence-corrected chi connectivity index (χ1v) is 10.3. The Labute approximate surface area is 183 Å². The van der Waals surface area contributed by atoms with Crippen molar-refractivity contribution in [1.82, 2.24) is 14.5 Å². The van der Waals surface area contributed by atoms with E-state index in [1.807, 2.05) is 26.0 Å². The van der Waals surface area contributed by atoms with Gasteiger partial charge in [0.1, 0.15) is 16.6 Å². The van der Waals surface area contributed by atoms with Crippen molar-refractivity contribution in [3.8, 4) is 0 Å². The van der Waals surface area contributed by atoms with E-state index in [0.717, 1.165) is 24.0 Å². The molecule has 0 saturated heterocycles. The molecule has 2 N–H and O–H groups in total. The van der Waals surface area contributed by atoms with Crippen molar-refractivity contribution in [2.24, 2.45) is 7.05 Å². The fourth-order valence-corrected chi connectivity index (χ4v) is 4.10. The van der Waals surface area contributed by atoms with Gasteiger partial charge in [-0.15, -0.1) is 0 Å². The summed E-state index contributed by atoms with van der Waals surface area (Å²) in [6.07, 6.45) is 1.62. The number of rotatable bonds is 6. The van der Waals surface area contributed by atoms with Crippen molar-refractivity contribution in [2.45, 2.75) is 38.3 Å². The van der Waals surface area contributed by atoms with E-state index in [2.05, 4.69) is 10.3 Å². The molecule has 0 radical (unpaired) electrons. The number of carbonyl (C=O) groups is 1. The van der Waals surface area contributed by atoms with Gasteiger partial charge in [-0.3, -0.25) is 9.36 Å². The predicted octanol–water partition coefficient (Wildman–Crippen LogP) is 3.80. The molecular weight excluding hydrogens is 420 g/mol.